The Morgan fingerprint density at radius 2 is 1.81 bits per heavy atom. The second-order valence-electron chi connectivity index (χ2n) is 6.68. The molecule has 0 aliphatic carbocycles. The van der Waals surface area contributed by atoms with Gasteiger partial charge in [0.15, 0.2) is 11.6 Å². The van der Waals surface area contributed by atoms with Crippen LogP contribution in [0, 0.1) is 6.92 Å². The number of hydrogen-bond acceptors (Lipinski definition) is 6. The third-order valence-corrected chi connectivity index (χ3v) is 5.56. The molecule has 31 heavy (non-hydrogen) atoms. The van der Waals surface area contributed by atoms with Crippen molar-refractivity contribution in [3.8, 4) is 0 Å². The molecule has 2 N–H and O–H groups in total. The molecule has 0 fully saturated rings. The van der Waals surface area contributed by atoms with E-state index in [1.54, 1.807) is 31.2 Å². The lowest BCUT2D eigenvalue weighted by Gasteiger charge is -2.16. The number of furan rings is 1. The van der Waals surface area contributed by atoms with Crippen molar-refractivity contribution < 1.29 is 18.5 Å². The second-order valence-corrected chi connectivity index (χ2v) is 7.86. The Bertz CT molecular complexity index is 1170. The third-order valence-electron chi connectivity index (χ3n) is 4.31. The molecular formula is C23H19N3O4S. The van der Waals surface area contributed by atoms with Crippen LogP contribution in [0.1, 0.15) is 27.1 Å². The number of thioether (sulfide) groups is 1. The molecule has 0 saturated carbocycles. The molecule has 2 amide bonds. The van der Waals surface area contributed by atoms with Gasteiger partial charge in [0.05, 0.1) is 6.26 Å². The van der Waals surface area contributed by atoms with Gasteiger partial charge in [0, 0.05) is 16.6 Å². The second kappa shape index (κ2) is 9.36. The van der Waals surface area contributed by atoms with E-state index in [2.05, 4.69) is 15.8 Å². The fraction of sp³-hybridized carbons (Fsp3) is 0.0870. The van der Waals surface area contributed by atoms with Gasteiger partial charge in [-0.3, -0.25) is 9.59 Å². The average molecular weight is 433 g/mol. The van der Waals surface area contributed by atoms with Crippen LogP contribution in [0.2, 0.25) is 0 Å². The van der Waals surface area contributed by atoms with Crippen LogP contribution >= 0.6 is 11.8 Å². The number of anilines is 2. The maximum atomic E-state index is 13.0. The molecule has 2 heterocycles. The number of carbonyl (C=O) groups excluding carboxylic acids is 2. The van der Waals surface area contributed by atoms with Crippen molar-refractivity contribution >= 4 is 35.1 Å². The Labute approximate surface area is 182 Å². The predicted octanol–water partition coefficient (Wildman–Crippen LogP) is 5.30. The minimum absolute atomic E-state index is 0.225. The number of hydrogen-bond donors (Lipinski definition) is 2. The number of rotatable bonds is 7. The van der Waals surface area contributed by atoms with Gasteiger partial charge in [-0.1, -0.05) is 41.6 Å². The molecule has 156 valence electrons. The largest absolute Gasteiger partial charge is 0.459 e. The Balaban J connectivity index is 1.54. The van der Waals surface area contributed by atoms with Crippen LogP contribution in [-0.2, 0) is 4.79 Å². The van der Waals surface area contributed by atoms with Gasteiger partial charge in [-0.25, -0.2) is 0 Å². The average Bonchev–Trinajstić information content (AvgIpc) is 3.45. The number of amides is 2. The Morgan fingerprint density at radius 1 is 0.968 bits per heavy atom. The molecule has 0 spiro atoms. The minimum Gasteiger partial charge on any atom is -0.459 e. The van der Waals surface area contributed by atoms with Crippen LogP contribution in [0.25, 0.3) is 0 Å². The number of nitrogens with zero attached hydrogens (tertiary/aromatic N) is 1. The van der Waals surface area contributed by atoms with Gasteiger partial charge in [-0.2, -0.15) is 0 Å². The summed E-state index contributed by atoms with van der Waals surface area (Å²) < 4.78 is 10.2. The number of nitrogens with one attached hydrogen (secondary N) is 2. The van der Waals surface area contributed by atoms with Crippen molar-refractivity contribution in [3.63, 3.8) is 0 Å². The standard InChI is InChI=1S/C23H19N3O4S/c1-15-13-20(26-30-15)25-23(28)21(16-7-3-2-4-8-16)31-18-10-5-9-17(14-18)24-22(27)19-11-6-12-29-19/h2-14,21H,1H3,(H,24,27)(H,25,26,28). The molecule has 0 bridgehead atoms. The molecule has 0 radical (unpaired) electrons. The monoisotopic (exact) mass is 433 g/mol. The van der Waals surface area contributed by atoms with Gasteiger partial charge in [-0.05, 0) is 42.8 Å². The van der Waals surface area contributed by atoms with Crippen LogP contribution in [0.5, 0.6) is 0 Å². The van der Waals surface area contributed by atoms with E-state index in [4.69, 9.17) is 8.94 Å². The maximum absolute atomic E-state index is 13.0. The summed E-state index contributed by atoms with van der Waals surface area (Å²) in [7, 11) is 0. The molecule has 2 aromatic heterocycles. The highest BCUT2D eigenvalue weighted by Crippen LogP contribution is 2.37. The summed E-state index contributed by atoms with van der Waals surface area (Å²) in [5.74, 6) is 0.630. The molecule has 0 saturated heterocycles. The molecule has 1 unspecified atom stereocenters. The molecule has 4 aromatic rings. The molecule has 8 heteroatoms. The van der Waals surface area contributed by atoms with Crippen molar-refractivity contribution in [3.05, 3.63) is 96.1 Å². The van der Waals surface area contributed by atoms with Crippen LogP contribution in [0.15, 0.2) is 92.9 Å². The van der Waals surface area contributed by atoms with Crippen LogP contribution in [0.3, 0.4) is 0 Å². The van der Waals surface area contributed by atoms with E-state index in [1.165, 1.54) is 18.0 Å². The van der Waals surface area contributed by atoms with Gasteiger partial charge in [0.25, 0.3) is 5.91 Å². The zero-order valence-electron chi connectivity index (χ0n) is 16.6. The first-order valence-corrected chi connectivity index (χ1v) is 10.4. The summed E-state index contributed by atoms with van der Waals surface area (Å²) in [5, 5.41) is 8.91. The fourth-order valence-electron chi connectivity index (χ4n) is 2.90. The molecule has 2 aromatic carbocycles. The summed E-state index contributed by atoms with van der Waals surface area (Å²) in [6.45, 7) is 1.76. The van der Waals surface area contributed by atoms with E-state index >= 15 is 0 Å². The van der Waals surface area contributed by atoms with E-state index in [-0.39, 0.29) is 17.6 Å². The van der Waals surface area contributed by atoms with E-state index in [1.807, 2.05) is 48.5 Å². The number of aryl methyl sites for hydroxylation is 1. The molecule has 0 aliphatic heterocycles. The topological polar surface area (TPSA) is 97.4 Å². The smallest absolute Gasteiger partial charge is 0.291 e. The van der Waals surface area contributed by atoms with Crippen molar-refractivity contribution in [2.24, 2.45) is 0 Å². The van der Waals surface area contributed by atoms with Gasteiger partial charge in [-0.15, -0.1) is 11.8 Å². The zero-order chi connectivity index (χ0) is 21.6. The minimum atomic E-state index is -0.533. The highest BCUT2D eigenvalue weighted by Gasteiger charge is 2.23. The summed E-state index contributed by atoms with van der Waals surface area (Å²) in [5.41, 5.74) is 1.45. The lowest BCUT2D eigenvalue weighted by Crippen LogP contribution is -2.19. The maximum Gasteiger partial charge on any atom is 0.291 e. The normalized spacial score (nSPS) is 11.6. The zero-order valence-corrected chi connectivity index (χ0v) is 17.4. The van der Waals surface area contributed by atoms with Gasteiger partial charge in [0.2, 0.25) is 5.91 Å². The summed E-state index contributed by atoms with van der Waals surface area (Å²) in [4.78, 5) is 26.1. The van der Waals surface area contributed by atoms with Gasteiger partial charge < -0.3 is 19.6 Å². The van der Waals surface area contributed by atoms with Crippen molar-refractivity contribution in [2.45, 2.75) is 17.1 Å². The van der Waals surface area contributed by atoms with Crippen molar-refractivity contribution in [2.75, 3.05) is 10.6 Å². The summed E-state index contributed by atoms with van der Waals surface area (Å²) in [6, 6.07) is 21.7. The number of benzene rings is 2. The van der Waals surface area contributed by atoms with E-state index < -0.39 is 5.25 Å². The Hall–Kier alpha value is -3.78. The van der Waals surface area contributed by atoms with E-state index in [0.29, 0.717) is 17.3 Å². The first-order valence-electron chi connectivity index (χ1n) is 9.49. The fourth-order valence-corrected chi connectivity index (χ4v) is 3.99. The Kier molecular flexibility index (Phi) is 6.18. The first-order chi connectivity index (χ1) is 15.1. The van der Waals surface area contributed by atoms with Crippen molar-refractivity contribution in [1.29, 1.82) is 0 Å². The lowest BCUT2D eigenvalue weighted by atomic mass is 10.1. The van der Waals surface area contributed by atoms with Crippen LogP contribution < -0.4 is 10.6 Å². The van der Waals surface area contributed by atoms with Crippen LogP contribution in [0.4, 0.5) is 11.5 Å². The van der Waals surface area contributed by atoms with Crippen molar-refractivity contribution in [1.82, 2.24) is 5.16 Å². The Morgan fingerprint density at radius 3 is 2.52 bits per heavy atom. The van der Waals surface area contributed by atoms with Gasteiger partial charge in [0.1, 0.15) is 11.0 Å². The van der Waals surface area contributed by atoms with E-state index in [0.717, 1.165) is 10.5 Å². The number of carbonyl (C=O) groups is 2. The van der Waals surface area contributed by atoms with E-state index in [9.17, 15) is 9.59 Å². The summed E-state index contributed by atoms with van der Waals surface area (Å²) in [6.07, 6.45) is 1.45. The highest BCUT2D eigenvalue weighted by atomic mass is 32.2. The highest BCUT2D eigenvalue weighted by molar-refractivity contribution is 8.00. The molecule has 7 nitrogen and oxygen atoms in total. The molecule has 1 atom stereocenters. The van der Waals surface area contributed by atoms with Gasteiger partial charge >= 0.3 is 0 Å². The first kappa shape index (κ1) is 20.5. The third kappa shape index (κ3) is 5.23. The quantitative estimate of drug-likeness (QED) is 0.384. The molecular weight excluding hydrogens is 414 g/mol. The summed E-state index contributed by atoms with van der Waals surface area (Å²) >= 11 is 1.37. The molecule has 0 aliphatic rings. The SMILES string of the molecule is Cc1cc(NC(=O)C(Sc2cccc(NC(=O)c3ccco3)c2)c2ccccc2)no1. The van der Waals surface area contributed by atoms with Crippen LogP contribution in [-0.4, -0.2) is 17.0 Å². The predicted molar refractivity (Wildman–Crippen MR) is 118 cm³/mol. The number of aromatic nitrogens is 1. The molecule has 4 rings (SSSR count). The lowest BCUT2D eigenvalue weighted by molar-refractivity contribution is -0.115.